The Balaban J connectivity index is 1.51. The highest BCUT2D eigenvalue weighted by Gasteiger charge is 2.48. The number of hydrogen-bond acceptors (Lipinski definition) is 8. The maximum absolute atomic E-state index is 13.6. The second kappa shape index (κ2) is 10.1. The van der Waals surface area contributed by atoms with E-state index in [1.807, 2.05) is 25.1 Å². The molecule has 0 bridgehead atoms. The Hall–Kier alpha value is -4.37. The summed E-state index contributed by atoms with van der Waals surface area (Å²) in [5, 5.41) is 11.9. The van der Waals surface area contributed by atoms with Gasteiger partial charge in [-0.1, -0.05) is 36.5 Å². The highest BCUT2D eigenvalue weighted by molar-refractivity contribution is 7.22. The molecule has 6 rings (SSSR count). The summed E-state index contributed by atoms with van der Waals surface area (Å²) in [6, 6.07) is 17.2. The van der Waals surface area contributed by atoms with Gasteiger partial charge in [-0.2, -0.15) is 0 Å². The molecule has 4 aromatic rings. The number of aliphatic hydroxyl groups excluding tert-OH is 1. The molecule has 1 fully saturated rings. The van der Waals surface area contributed by atoms with E-state index < -0.39 is 17.7 Å². The van der Waals surface area contributed by atoms with E-state index >= 15 is 0 Å². The maximum atomic E-state index is 13.6. The lowest BCUT2D eigenvalue weighted by Gasteiger charge is -2.23. The number of ketones is 1. The molecule has 1 unspecified atom stereocenters. The van der Waals surface area contributed by atoms with Crippen LogP contribution in [0.15, 0.2) is 66.2 Å². The number of benzene rings is 3. The van der Waals surface area contributed by atoms with Crippen molar-refractivity contribution < 1.29 is 28.9 Å². The number of thiazole rings is 1. The number of carbonyl (C=O) groups is 2. The smallest absolute Gasteiger partial charge is 0.301 e. The lowest BCUT2D eigenvalue weighted by molar-refractivity contribution is -0.132. The van der Waals surface area contributed by atoms with Gasteiger partial charge in [0.25, 0.3) is 5.78 Å². The van der Waals surface area contributed by atoms with Crippen LogP contribution in [0.2, 0.25) is 0 Å². The number of aliphatic hydroxyl groups is 1. The standard InChI is InChI=1S/C30H26N2O6S/c1-3-17-5-11-21-24(15-17)39-30(31-21)32-26(18-6-9-20(10-7-18)36-4-2)25(28(34)29(32)35)27(33)19-8-12-22-23(16-19)38-14-13-37-22/h5-12,15-16,26,33H,3-4,13-14H2,1-2H3/b27-25+. The van der Waals surface area contributed by atoms with E-state index in [1.165, 1.54) is 16.2 Å². The van der Waals surface area contributed by atoms with E-state index in [4.69, 9.17) is 19.2 Å². The van der Waals surface area contributed by atoms with Crippen LogP contribution in [-0.4, -0.2) is 41.6 Å². The van der Waals surface area contributed by atoms with Crippen molar-refractivity contribution in [3.8, 4) is 17.2 Å². The first-order valence-corrected chi connectivity index (χ1v) is 13.6. The van der Waals surface area contributed by atoms with Gasteiger partial charge < -0.3 is 19.3 Å². The van der Waals surface area contributed by atoms with Crippen molar-refractivity contribution in [1.29, 1.82) is 0 Å². The molecule has 0 aliphatic carbocycles. The van der Waals surface area contributed by atoms with E-state index in [9.17, 15) is 14.7 Å². The lowest BCUT2D eigenvalue weighted by Crippen LogP contribution is -2.29. The Labute approximate surface area is 229 Å². The minimum atomic E-state index is -0.889. The number of Topliss-reactive ketones (excluding diaryl/α,β-unsaturated/α-hetero) is 1. The molecule has 8 nitrogen and oxygen atoms in total. The van der Waals surface area contributed by atoms with E-state index in [0.717, 1.165) is 22.2 Å². The fraction of sp³-hybridized carbons (Fsp3) is 0.233. The molecule has 3 heterocycles. The second-order valence-electron chi connectivity index (χ2n) is 9.18. The van der Waals surface area contributed by atoms with Gasteiger partial charge in [-0.3, -0.25) is 14.5 Å². The molecular formula is C30H26N2O6S. The van der Waals surface area contributed by atoms with Crippen LogP contribution >= 0.6 is 11.3 Å². The number of carbonyl (C=O) groups excluding carboxylic acids is 2. The summed E-state index contributed by atoms with van der Waals surface area (Å²) in [6.07, 6.45) is 0.870. The van der Waals surface area contributed by atoms with Gasteiger partial charge in [0.1, 0.15) is 24.7 Å². The van der Waals surface area contributed by atoms with Crippen molar-refractivity contribution in [3.05, 3.63) is 82.9 Å². The first kappa shape index (κ1) is 24.9. The molecule has 9 heteroatoms. The van der Waals surface area contributed by atoms with Gasteiger partial charge >= 0.3 is 5.91 Å². The number of fused-ring (bicyclic) bond motifs is 2. The molecule has 39 heavy (non-hydrogen) atoms. The predicted octanol–water partition coefficient (Wildman–Crippen LogP) is 5.65. The average molecular weight is 543 g/mol. The van der Waals surface area contributed by atoms with Gasteiger partial charge in [0, 0.05) is 5.56 Å². The number of nitrogens with zero attached hydrogens (tertiary/aromatic N) is 2. The molecule has 1 atom stereocenters. The predicted molar refractivity (Wildman–Crippen MR) is 149 cm³/mol. The molecule has 1 amide bonds. The minimum absolute atomic E-state index is 0.0191. The minimum Gasteiger partial charge on any atom is -0.507 e. The molecule has 1 aromatic heterocycles. The Morgan fingerprint density at radius 3 is 2.54 bits per heavy atom. The Morgan fingerprint density at radius 2 is 1.79 bits per heavy atom. The van der Waals surface area contributed by atoms with Gasteiger partial charge in [-0.05, 0) is 66.9 Å². The number of anilines is 1. The Morgan fingerprint density at radius 1 is 1.03 bits per heavy atom. The number of amides is 1. The molecule has 3 aromatic carbocycles. The lowest BCUT2D eigenvalue weighted by atomic mass is 9.95. The first-order chi connectivity index (χ1) is 19.0. The normalized spacial score (nSPS) is 18.1. The fourth-order valence-corrected chi connectivity index (χ4v) is 5.94. The Bertz CT molecular complexity index is 1620. The quantitative estimate of drug-likeness (QED) is 0.191. The van der Waals surface area contributed by atoms with Crippen LogP contribution in [0.5, 0.6) is 17.2 Å². The van der Waals surface area contributed by atoms with Crippen molar-refractivity contribution in [2.75, 3.05) is 24.7 Å². The summed E-state index contributed by atoms with van der Waals surface area (Å²) >= 11 is 1.34. The van der Waals surface area contributed by atoms with Gasteiger partial charge in [0.15, 0.2) is 16.6 Å². The zero-order chi connectivity index (χ0) is 27.1. The van der Waals surface area contributed by atoms with Crippen LogP contribution in [0.1, 0.15) is 36.6 Å². The molecule has 1 saturated heterocycles. The largest absolute Gasteiger partial charge is 0.507 e. The summed E-state index contributed by atoms with van der Waals surface area (Å²) in [7, 11) is 0. The van der Waals surface area contributed by atoms with Crippen LogP contribution in [0.25, 0.3) is 16.0 Å². The van der Waals surface area contributed by atoms with Gasteiger partial charge in [-0.25, -0.2) is 4.98 Å². The molecular weight excluding hydrogens is 516 g/mol. The van der Waals surface area contributed by atoms with Crippen molar-refractivity contribution in [3.63, 3.8) is 0 Å². The average Bonchev–Trinajstić information content (AvgIpc) is 3.50. The number of rotatable bonds is 6. The molecule has 0 saturated carbocycles. The number of aryl methyl sites for hydroxylation is 1. The highest BCUT2D eigenvalue weighted by Crippen LogP contribution is 2.45. The zero-order valence-corrected chi connectivity index (χ0v) is 22.3. The summed E-state index contributed by atoms with van der Waals surface area (Å²) in [4.78, 5) is 33.2. The Kier molecular flexibility index (Phi) is 6.44. The molecule has 1 N–H and O–H groups in total. The fourth-order valence-electron chi connectivity index (χ4n) is 4.88. The monoisotopic (exact) mass is 542 g/mol. The highest BCUT2D eigenvalue weighted by atomic mass is 32.1. The third kappa shape index (κ3) is 4.38. The second-order valence-corrected chi connectivity index (χ2v) is 10.2. The summed E-state index contributed by atoms with van der Waals surface area (Å²) < 4.78 is 17.8. The van der Waals surface area contributed by atoms with Crippen LogP contribution < -0.4 is 19.1 Å². The topological polar surface area (TPSA) is 98.2 Å². The van der Waals surface area contributed by atoms with E-state index in [1.54, 1.807) is 42.5 Å². The zero-order valence-electron chi connectivity index (χ0n) is 21.5. The SMILES string of the molecule is CCOc1ccc(C2/C(=C(\O)c3ccc4c(c3)OCCO4)C(=O)C(=O)N2c2nc3ccc(CC)cc3s2)cc1. The van der Waals surface area contributed by atoms with Gasteiger partial charge in [0.2, 0.25) is 0 Å². The van der Waals surface area contributed by atoms with E-state index in [-0.39, 0.29) is 11.3 Å². The van der Waals surface area contributed by atoms with Crippen molar-refractivity contribution in [2.24, 2.45) is 0 Å². The first-order valence-electron chi connectivity index (χ1n) is 12.8. The van der Waals surface area contributed by atoms with Crippen LogP contribution in [-0.2, 0) is 16.0 Å². The van der Waals surface area contributed by atoms with Crippen molar-refractivity contribution in [1.82, 2.24) is 4.98 Å². The van der Waals surface area contributed by atoms with Crippen molar-refractivity contribution in [2.45, 2.75) is 26.3 Å². The third-order valence-electron chi connectivity index (χ3n) is 6.82. The van der Waals surface area contributed by atoms with Gasteiger partial charge in [-0.15, -0.1) is 0 Å². The van der Waals surface area contributed by atoms with Crippen LogP contribution in [0, 0.1) is 0 Å². The number of ether oxygens (including phenoxy) is 3. The number of hydrogen-bond donors (Lipinski definition) is 1. The molecule has 0 spiro atoms. The van der Waals surface area contributed by atoms with E-state index in [0.29, 0.717) is 53.3 Å². The van der Waals surface area contributed by atoms with E-state index in [2.05, 4.69) is 6.92 Å². The van der Waals surface area contributed by atoms with Crippen LogP contribution in [0.3, 0.4) is 0 Å². The van der Waals surface area contributed by atoms with Crippen LogP contribution in [0.4, 0.5) is 5.13 Å². The molecule has 2 aliphatic heterocycles. The summed E-state index contributed by atoms with van der Waals surface area (Å²) in [5.41, 5.74) is 2.87. The molecule has 198 valence electrons. The van der Waals surface area contributed by atoms with Gasteiger partial charge in [0.05, 0.1) is 28.4 Å². The summed E-state index contributed by atoms with van der Waals surface area (Å²) in [5.74, 6) is -0.131. The number of aromatic nitrogens is 1. The van der Waals surface area contributed by atoms with Crippen molar-refractivity contribution >= 4 is 44.1 Å². The maximum Gasteiger partial charge on any atom is 0.301 e. The third-order valence-corrected chi connectivity index (χ3v) is 7.84. The summed E-state index contributed by atoms with van der Waals surface area (Å²) in [6.45, 7) is 5.29. The molecule has 2 aliphatic rings. The molecule has 0 radical (unpaired) electrons.